The number of fused-ring (bicyclic) bond motifs is 1. The summed E-state index contributed by atoms with van der Waals surface area (Å²) >= 11 is 0. The Kier molecular flexibility index (Phi) is 7.58. The average Bonchev–Trinajstić information content (AvgIpc) is 3.20. The fourth-order valence-corrected chi connectivity index (χ4v) is 2.92. The van der Waals surface area contributed by atoms with Gasteiger partial charge in [-0.15, -0.1) is 0 Å². The van der Waals surface area contributed by atoms with Crippen molar-refractivity contribution in [3.8, 4) is 17.2 Å². The molecule has 2 aromatic rings. The van der Waals surface area contributed by atoms with E-state index in [0.717, 1.165) is 53.9 Å². The first-order valence-corrected chi connectivity index (χ1v) is 9.83. The largest absolute Gasteiger partial charge is 0.494 e. The van der Waals surface area contributed by atoms with E-state index in [1.54, 1.807) is 7.05 Å². The number of ether oxygens (including phenoxy) is 3. The highest BCUT2D eigenvalue weighted by Crippen LogP contribution is 2.32. The van der Waals surface area contributed by atoms with Gasteiger partial charge in [0.25, 0.3) is 0 Å². The summed E-state index contributed by atoms with van der Waals surface area (Å²) in [5, 5.41) is 6.64. The summed E-state index contributed by atoms with van der Waals surface area (Å²) in [7, 11) is 5.90. The molecule has 1 aliphatic heterocycles. The zero-order chi connectivity index (χ0) is 20.5. The van der Waals surface area contributed by atoms with E-state index in [1.807, 2.05) is 30.3 Å². The van der Waals surface area contributed by atoms with Crippen LogP contribution in [0.5, 0.6) is 17.2 Å². The van der Waals surface area contributed by atoms with Crippen molar-refractivity contribution in [3.63, 3.8) is 0 Å². The maximum Gasteiger partial charge on any atom is 0.231 e. The minimum absolute atomic E-state index is 0.287. The van der Waals surface area contributed by atoms with Crippen molar-refractivity contribution >= 4 is 5.96 Å². The van der Waals surface area contributed by atoms with Gasteiger partial charge in [0.05, 0.1) is 6.61 Å². The summed E-state index contributed by atoms with van der Waals surface area (Å²) in [5.74, 6) is 3.22. The Labute approximate surface area is 172 Å². The van der Waals surface area contributed by atoms with Gasteiger partial charge in [-0.3, -0.25) is 4.99 Å². The van der Waals surface area contributed by atoms with E-state index in [1.165, 1.54) is 0 Å². The molecule has 0 saturated carbocycles. The molecule has 29 heavy (non-hydrogen) atoms. The van der Waals surface area contributed by atoms with Gasteiger partial charge >= 0.3 is 0 Å². The van der Waals surface area contributed by atoms with Gasteiger partial charge in [-0.1, -0.05) is 18.2 Å². The quantitative estimate of drug-likeness (QED) is 0.385. The van der Waals surface area contributed by atoms with E-state index in [9.17, 15) is 0 Å². The molecule has 0 atom stereocenters. The molecule has 156 valence electrons. The van der Waals surface area contributed by atoms with Gasteiger partial charge in [0.15, 0.2) is 17.5 Å². The Morgan fingerprint density at radius 2 is 1.69 bits per heavy atom. The van der Waals surface area contributed by atoms with Crippen LogP contribution < -0.4 is 24.8 Å². The minimum atomic E-state index is 0.287. The molecule has 2 N–H and O–H groups in total. The van der Waals surface area contributed by atoms with Crippen LogP contribution in [0, 0.1) is 0 Å². The second-order valence-electron chi connectivity index (χ2n) is 7.12. The predicted octanol–water partition coefficient (Wildman–Crippen LogP) is 2.61. The van der Waals surface area contributed by atoms with Gasteiger partial charge in [0, 0.05) is 26.7 Å². The highest BCUT2D eigenvalue weighted by Gasteiger charge is 2.13. The number of nitrogens with zero attached hydrogens (tertiary/aromatic N) is 2. The highest BCUT2D eigenvalue weighted by molar-refractivity contribution is 5.79. The summed E-state index contributed by atoms with van der Waals surface area (Å²) in [4.78, 5) is 6.44. The van der Waals surface area contributed by atoms with Crippen LogP contribution in [0.25, 0.3) is 0 Å². The molecular formula is C22H30N4O3. The lowest BCUT2D eigenvalue weighted by atomic mass is 10.2. The van der Waals surface area contributed by atoms with E-state index in [-0.39, 0.29) is 6.79 Å². The van der Waals surface area contributed by atoms with Crippen LogP contribution in [0.15, 0.2) is 47.5 Å². The van der Waals surface area contributed by atoms with E-state index in [0.29, 0.717) is 13.1 Å². The number of hydrogen-bond acceptors (Lipinski definition) is 5. The van der Waals surface area contributed by atoms with Gasteiger partial charge < -0.3 is 29.7 Å². The molecule has 1 aliphatic rings. The summed E-state index contributed by atoms with van der Waals surface area (Å²) in [6, 6.07) is 14.1. The molecule has 0 aliphatic carbocycles. The van der Waals surface area contributed by atoms with Crippen molar-refractivity contribution in [3.05, 3.63) is 53.6 Å². The van der Waals surface area contributed by atoms with Crippen LogP contribution in [0.3, 0.4) is 0 Å². The van der Waals surface area contributed by atoms with Crippen LogP contribution in [-0.4, -0.2) is 51.9 Å². The Hall–Kier alpha value is -2.93. The van der Waals surface area contributed by atoms with E-state index >= 15 is 0 Å². The van der Waals surface area contributed by atoms with Gasteiger partial charge in [-0.25, -0.2) is 0 Å². The molecular weight excluding hydrogens is 368 g/mol. The van der Waals surface area contributed by atoms with Gasteiger partial charge in [0.2, 0.25) is 6.79 Å². The first kappa shape index (κ1) is 20.8. The number of rotatable bonds is 9. The van der Waals surface area contributed by atoms with Crippen molar-refractivity contribution in [2.24, 2.45) is 4.99 Å². The van der Waals surface area contributed by atoms with E-state index in [4.69, 9.17) is 14.2 Å². The lowest BCUT2D eigenvalue weighted by molar-refractivity contribution is 0.174. The Morgan fingerprint density at radius 1 is 1.00 bits per heavy atom. The zero-order valence-corrected chi connectivity index (χ0v) is 17.4. The SMILES string of the molecule is CN=C(NCc1ccc(OCCCN(C)C)cc1)NCc1ccc2c(c1)OCO2. The van der Waals surface area contributed by atoms with Crippen LogP contribution >= 0.6 is 0 Å². The van der Waals surface area contributed by atoms with Crippen LogP contribution in [0.1, 0.15) is 17.5 Å². The molecule has 0 saturated heterocycles. The van der Waals surface area contributed by atoms with Crippen LogP contribution in [-0.2, 0) is 13.1 Å². The molecule has 7 heteroatoms. The number of aliphatic imine (C=N–C) groups is 1. The van der Waals surface area contributed by atoms with Crippen molar-refractivity contribution in [1.29, 1.82) is 0 Å². The topological polar surface area (TPSA) is 67.4 Å². The molecule has 2 aromatic carbocycles. The molecule has 7 nitrogen and oxygen atoms in total. The van der Waals surface area contributed by atoms with Crippen molar-refractivity contribution in [1.82, 2.24) is 15.5 Å². The normalized spacial score (nSPS) is 12.9. The third-order valence-corrected chi connectivity index (χ3v) is 4.52. The summed E-state index contributed by atoms with van der Waals surface area (Å²) in [6.07, 6.45) is 1.02. The van der Waals surface area contributed by atoms with Crippen molar-refractivity contribution in [2.75, 3.05) is 41.1 Å². The molecule has 0 aromatic heterocycles. The Morgan fingerprint density at radius 3 is 2.41 bits per heavy atom. The summed E-state index contributed by atoms with van der Waals surface area (Å²) in [6.45, 7) is 3.37. The maximum absolute atomic E-state index is 5.78. The third-order valence-electron chi connectivity index (χ3n) is 4.52. The lowest BCUT2D eigenvalue weighted by Gasteiger charge is -2.13. The summed E-state index contributed by atoms with van der Waals surface area (Å²) < 4.78 is 16.5. The molecule has 0 radical (unpaired) electrons. The van der Waals surface area contributed by atoms with Gasteiger partial charge in [-0.05, 0) is 55.9 Å². The molecule has 0 fully saturated rings. The Balaban J connectivity index is 1.41. The number of hydrogen-bond donors (Lipinski definition) is 2. The van der Waals surface area contributed by atoms with Crippen molar-refractivity contribution in [2.45, 2.75) is 19.5 Å². The third kappa shape index (κ3) is 6.57. The van der Waals surface area contributed by atoms with E-state index in [2.05, 4.69) is 46.8 Å². The highest BCUT2D eigenvalue weighted by atomic mass is 16.7. The van der Waals surface area contributed by atoms with Crippen LogP contribution in [0.2, 0.25) is 0 Å². The second kappa shape index (κ2) is 10.6. The predicted molar refractivity (Wildman–Crippen MR) is 115 cm³/mol. The molecule has 1 heterocycles. The Bertz CT molecular complexity index is 806. The first-order valence-electron chi connectivity index (χ1n) is 9.83. The first-order chi connectivity index (χ1) is 14.1. The van der Waals surface area contributed by atoms with Crippen LogP contribution in [0.4, 0.5) is 0 Å². The number of guanidine groups is 1. The monoisotopic (exact) mass is 398 g/mol. The molecule has 3 rings (SSSR count). The smallest absolute Gasteiger partial charge is 0.231 e. The van der Waals surface area contributed by atoms with Crippen molar-refractivity contribution < 1.29 is 14.2 Å². The minimum Gasteiger partial charge on any atom is -0.494 e. The number of nitrogens with one attached hydrogen (secondary N) is 2. The molecule has 0 bridgehead atoms. The fraction of sp³-hybridized carbons (Fsp3) is 0.409. The average molecular weight is 399 g/mol. The second-order valence-corrected chi connectivity index (χ2v) is 7.12. The zero-order valence-electron chi connectivity index (χ0n) is 17.4. The maximum atomic E-state index is 5.78. The molecule has 0 unspecified atom stereocenters. The van der Waals surface area contributed by atoms with Gasteiger partial charge in [0.1, 0.15) is 5.75 Å². The fourth-order valence-electron chi connectivity index (χ4n) is 2.92. The molecule has 0 amide bonds. The standard InChI is InChI=1S/C22H30N4O3/c1-23-22(25-15-18-7-10-20-21(13-18)29-16-28-20)24-14-17-5-8-19(9-6-17)27-12-4-11-26(2)3/h5-10,13H,4,11-12,14-16H2,1-3H3,(H2,23,24,25). The number of benzene rings is 2. The summed E-state index contributed by atoms with van der Waals surface area (Å²) in [5.41, 5.74) is 2.27. The lowest BCUT2D eigenvalue weighted by Crippen LogP contribution is -2.36. The van der Waals surface area contributed by atoms with Gasteiger partial charge in [-0.2, -0.15) is 0 Å². The molecule has 0 spiro atoms. The van der Waals surface area contributed by atoms with E-state index < -0.39 is 0 Å².